The third-order valence-electron chi connectivity index (χ3n) is 6.45. The van der Waals surface area contributed by atoms with E-state index in [1.54, 1.807) is 15.7 Å². The molecule has 9 heteroatoms. The van der Waals surface area contributed by atoms with E-state index in [9.17, 15) is 14.7 Å². The Morgan fingerprint density at radius 3 is 2.76 bits per heavy atom. The van der Waals surface area contributed by atoms with E-state index < -0.39 is 6.10 Å². The first kappa shape index (κ1) is 21.1. The minimum Gasteiger partial charge on any atom is -0.391 e. The van der Waals surface area contributed by atoms with Crippen molar-refractivity contribution in [2.75, 3.05) is 18.4 Å². The van der Waals surface area contributed by atoms with Crippen LogP contribution in [0.1, 0.15) is 34.6 Å². The number of carbonyl (C=O) groups excluding carboxylic acids is 2. The number of rotatable bonds is 4. The van der Waals surface area contributed by atoms with Crippen LogP contribution in [0.5, 0.6) is 0 Å². The Morgan fingerprint density at radius 2 is 2.00 bits per heavy atom. The number of thiophene rings is 1. The fraction of sp³-hybridized carbons (Fsp3) is 0.320. The predicted octanol–water partition coefficient (Wildman–Crippen LogP) is 4.23. The molecule has 0 radical (unpaired) electrons. The van der Waals surface area contributed by atoms with Gasteiger partial charge in [0.25, 0.3) is 5.91 Å². The van der Waals surface area contributed by atoms with E-state index >= 15 is 0 Å². The summed E-state index contributed by atoms with van der Waals surface area (Å²) in [4.78, 5) is 32.3. The zero-order valence-corrected chi connectivity index (χ0v) is 19.6. The van der Waals surface area contributed by atoms with Crippen LogP contribution in [0, 0.1) is 6.92 Å². The van der Waals surface area contributed by atoms with Gasteiger partial charge in [-0.1, -0.05) is 0 Å². The number of hydrogen-bond acceptors (Lipinski definition) is 6. The molecule has 2 amide bonds. The lowest BCUT2D eigenvalue weighted by Crippen LogP contribution is -2.30. The third kappa shape index (κ3) is 3.80. The Bertz CT molecular complexity index is 1440. The SMILES string of the molecule is Cc1cc2cc(Nc3ccnc4cc(C(=O)N5CC[C@@H](O)C5)sc34)ccc2n1C(=O)NC1CC1. The second-order valence-corrected chi connectivity index (χ2v) is 10.2. The van der Waals surface area contributed by atoms with Crippen molar-refractivity contribution in [1.82, 2.24) is 19.8 Å². The molecule has 0 bridgehead atoms. The number of benzene rings is 1. The highest BCUT2D eigenvalue weighted by Gasteiger charge is 2.27. The first-order chi connectivity index (χ1) is 16.5. The van der Waals surface area contributed by atoms with Crippen LogP contribution in [-0.2, 0) is 0 Å². The number of nitrogens with zero attached hydrogens (tertiary/aromatic N) is 3. The first-order valence-corrected chi connectivity index (χ1v) is 12.3. The molecule has 6 rings (SSSR count). The summed E-state index contributed by atoms with van der Waals surface area (Å²) in [5.74, 6) is -0.0618. The monoisotopic (exact) mass is 475 g/mol. The molecular weight excluding hydrogens is 450 g/mol. The van der Waals surface area contributed by atoms with E-state index in [0.29, 0.717) is 30.4 Å². The van der Waals surface area contributed by atoms with Gasteiger partial charge in [-0.15, -0.1) is 11.3 Å². The van der Waals surface area contributed by atoms with E-state index in [1.165, 1.54) is 11.3 Å². The number of aryl methyl sites for hydroxylation is 1. The highest BCUT2D eigenvalue weighted by atomic mass is 32.1. The summed E-state index contributed by atoms with van der Waals surface area (Å²) in [6.07, 6.45) is 4.00. The maximum Gasteiger partial charge on any atom is 0.326 e. The number of pyridine rings is 1. The molecule has 1 aliphatic heterocycles. The number of aromatic nitrogens is 2. The Balaban J connectivity index is 1.28. The molecule has 8 nitrogen and oxygen atoms in total. The number of hydrogen-bond donors (Lipinski definition) is 3. The van der Waals surface area contributed by atoms with Crippen LogP contribution < -0.4 is 10.6 Å². The summed E-state index contributed by atoms with van der Waals surface area (Å²) in [7, 11) is 0. The molecule has 1 aliphatic carbocycles. The smallest absolute Gasteiger partial charge is 0.326 e. The quantitative estimate of drug-likeness (QED) is 0.410. The van der Waals surface area contributed by atoms with Crippen molar-refractivity contribution in [2.45, 2.75) is 38.3 Å². The van der Waals surface area contributed by atoms with Crippen molar-refractivity contribution in [1.29, 1.82) is 0 Å². The van der Waals surface area contributed by atoms with E-state index in [-0.39, 0.29) is 11.9 Å². The molecule has 2 fully saturated rings. The van der Waals surface area contributed by atoms with E-state index in [1.807, 2.05) is 43.3 Å². The van der Waals surface area contributed by atoms with Crippen molar-refractivity contribution in [3.8, 4) is 0 Å². The van der Waals surface area contributed by atoms with Gasteiger partial charge >= 0.3 is 6.03 Å². The lowest BCUT2D eigenvalue weighted by Gasteiger charge is -2.13. The average molecular weight is 476 g/mol. The van der Waals surface area contributed by atoms with Gasteiger partial charge in [-0.05, 0) is 62.6 Å². The fourth-order valence-electron chi connectivity index (χ4n) is 4.55. The predicted molar refractivity (Wildman–Crippen MR) is 133 cm³/mol. The summed E-state index contributed by atoms with van der Waals surface area (Å²) in [6.45, 7) is 2.89. The zero-order valence-electron chi connectivity index (χ0n) is 18.7. The zero-order chi connectivity index (χ0) is 23.4. The van der Waals surface area contributed by atoms with E-state index in [0.717, 1.165) is 51.0 Å². The van der Waals surface area contributed by atoms with Gasteiger partial charge in [-0.3, -0.25) is 14.3 Å². The molecular formula is C25H25N5O3S. The van der Waals surface area contributed by atoms with Gasteiger partial charge in [-0.25, -0.2) is 4.79 Å². The Labute approximate surface area is 200 Å². The summed E-state index contributed by atoms with van der Waals surface area (Å²) in [5.41, 5.74) is 4.29. The van der Waals surface area contributed by atoms with Crippen molar-refractivity contribution < 1.29 is 14.7 Å². The summed E-state index contributed by atoms with van der Waals surface area (Å²) in [6, 6.07) is 11.9. The summed E-state index contributed by atoms with van der Waals surface area (Å²) >= 11 is 1.41. The van der Waals surface area contributed by atoms with Gasteiger partial charge in [0.1, 0.15) is 0 Å². The molecule has 2 aliphatic rings. The maximum absolute atomic E-state index is 12.9. The molecule has 4 heterocycles. The van der Waals surface area contributed by atoms with Crippen LogP contribution in [0.2, 0.25) is 0 Å². The molecule has 34 heavy (non-hydrogen) atoms. The molecule has 3 aromatic heterocycles. The molecule has 1 saturated carbocycles. The van der Waals surface area contributed by atoms with Crippen LogP contribution >= 0.6 is 11.3 Å². The van der Waals surface area contributed by atoms with E-state index in [2.05, 4.69) is 15.6 Å². The normalized spacial score (nSPS) is 18.1. The second-order valence-electron chi connectivity index (χ2n) is 9.12. The van der Waals surface area contributed by atoms with Gasteiger partial charge in [-0.2, -0.15) is 0 Å². The van der Waals surface area contributed by atoms with E-state index in [4.69, 9.17) is 0 Å². The minimum absolute atomic E-state index is 0.0618. The van der Waals surface area contributed by atoms with Crippen molar-refractivity contribution in [3.63, 3.8) is 0 Å². The van der Waals surface area contributed by atoms with Crippen LogP contribution in [0.4, 0.5) is 16.2 Å². The van der Waals surface area contributed by atoms with Gasteiger partial charge in [0.2, 0.25) is 0 Å². The molecule has 3 N–H and O–H groups in total. The molecule has 1 atom stereocenters. The lowest BCUT2D eigenvalue weighted by molar-refractivity contribution is 0.0769. The van der Waals surface area contributed by atoms with Gasteiger partial charge in [0, 0.05) is 42.1 Å². The topological polar surface area (TPSA) is 99.5 Å². The number of amides is 2. The molecule has 1 saturated heterocycles. The minimum atomic E-state index is -0.443. The molecule has 174 valence electrons. The summed E-state index contributed by atoms with van der Waals surface area (Å²) < 4.78 is 2.64. The number of nitrogens with one attached hydrogen (secondary N) is 2. The highest BCUT2D eigenvalue weighted by molar-refractivity contribution is 7.21. The Kier molecular flexibility index (Phi) is 5.04. The molecule has 0 unspecified atom stereocenters. The van der Waals surface area contributed by atoms with Crippen LogP contribution in [0.25, 0.3) is 21.1 Å². The van der Waals surface area contributed by atoms with Crippen molar-refractivity contribution in [3.05, 3.63) is 53.2 Å². The number of fused-ring (bicyclic) bond motifs is 2. The average Bonchev–Trinajstić information content (AvgIpc) is 3.20. The number of aliphatic hydroxyl groups excluding tert-OH is 1. The van der Waals surface area contributed by atoms with Crippen LogP contribution in [-0.4, -0.2) is 56.7 Å². The van der Waals surface area contributed by atoms with Crippen LogP contribution in [0.15, 0.2) is 42.6 Å². The van der Waals surface area contributed by atoms with Gasteiger partial charge in [0.05, 0.1) is 32.4 Å². The summed E-state index contributed by atoms with van der Waals surface area (Å²) in [5, 5.41) is 17.3. The third-order valence-corrected chi connectivity index (χ3v) is 7.59. The Morgan fingerprint density at radius 1 is 1.15 bits per heavy atom. The van der Waals surface area contributed by atoms with Crippen molar-refractivity contribution >= 4 is 55.8 Å². The largest absolute Gasteiger partial charge is 0.391 e. The highest BCUT2D eigenvalue weighted by Crippen LogP contribution is 2.34. The van der Waals surface area contributed by atoms with Crippen LogP contribution in [0.3, 0.4) is 0 Å². The number of anilines is 2. The number of aliphatic hydroxyl groups is 1. The van der Waals surface area contributed by atoms with Crippen molar-refractivity contribution in [2.24, 2.45) is 0 Å². The maximum atomic E-state index is 12.9. The standard InChI is InChI=1S/C25H25N5O3S/c1-14-10-15-11-17(4-5-21(15)30(14)25(33)28-16-2-3-16)27-19-6-8-26-20-12-22(34-23(19)20)24(32)29-9-7-18(31)13-29/h4-6,8,10-12,16,18,31H,2-3,7,9,13H2,1H3,(H,26,27)(H,28,33)/t18-/m1/s1. The Hall–Kier alpha value is -3.43. The lowest BCUT2D eigenvalue weighted by atomic mass is 10.2. The second kappa shape index (κ2) is 8.11. The molecule has 0 spiro atoms. The van der Waals surface area contributed by atoms with Gasteiger partial charge in [0.15, 0.2) is 0 Å². The van der Waals surface area contributed by atoms with Gasteiger partial charge < -0.3 is 20.6 Å². The number of likely N-dealkylation sites (tertiary alicyclic amines) is 1. The number of carbonyl (C=O) groups is 2. The number of β-amino-alcohol motifs (C(OH)–C–C–N with tert-alkyl or cyclic N) is 1. The fourth-order valence-corrected chi connectivity index (χ4v) is 5.60. The molecule has 1 aromatic carbocycles. The molecule has 4 aromatic rings. The first-order valence-electron chi connectivity index (χ1n) is 11.5.